The molecule has 0 saturated heterocycles. The zero-order valence-corrected chi connectivity index (χ0v) is 11.4. The molecule has 3 aromatic rings. The van der Waals surface area contributed by atoms with E-state index in [0.717, 1.165) is 5.39 Å². The molecule has 0 aliphatic carbocycles. The summed E-state index contributed by atoms with van der Waals surface area (Å²) in [5.41, 5.74) is 0.690. The van der Waals surface area contributed by atoms with Crippen LogP contribution in [0.4, 0.5) is 0 Å². The Morgan fingerprint density at radius 3 is 2.84 bits per heavy atom. The average molecular weight is 295 g/mol. The standard InChI is InChI=1S/C12H8Cl2N4O/c1-18-11-8(5-17-18)12(16-6-15-11)19-10-3-2-7(13)4-9(10)14/h2-6H,1H3. The van der Waals surface area contributed by atoms with Gasteiger partial charge in [-0.2, -0.15) is 5.10 Å². The molecule has 0 spiro atoms. The molecular weight excluding hydrogens is 287 g/mol. The van der Waals surface area contributed by atoms with E-state index in [2.05, 4.69) is 15.1 Å². The van der Waals surface area contributed by atoms with Crippen molar-refractivity contribution in [3.8, 4) is 11.6 Å². The molecule has 0 bridgehead atoms. The van der Waals surface area contributed by atoms with Crippen LogP contribution in [-0.2, 0) is 7.05 Å². The van der Waals surface area contributed by atoms with Crippen molar-refractivity contribution < 1.29 is 4.74 Å². The number of fused-ring (bicyclic) bond motifs is 1. The third kappa shape index (κ3) is 2.22. The van der Waals surface area contributed by atoms with E-state index in [9.17, 15) is 0 Å². The first kappa shape index (κ1) is 12.2. The lowest BCUT2D eigenvalue weighted by molar-refractivity contribution is 0.468. The van der Waals surface area contributed by atoms with Gasteiger partial charge in [0.25, 0.3) is 0 Å². The minimum absolute atomic E-state index is 0.405. The molecule has 0 atom stereocenters. The quantitative estimate of drug-likeness (QED) is 0.726. The lowest BCUT2D eigenvalue weighted by Crippen LogP contribution is -1.94. The van der Waals surface area contributed by atoms with Gasteiger partial charge in [-0.1, -0.05) is 23.2 Å². The summed E-state index contributed by atoms with van der Waals surface area (Å²) in [6.07, 6.45) is 3.07. The van der Waals surface area contributed by atoms with Crippen molar-refractivity contribution in [2.75, 3.05) is 0 Å². The van der Waals surface area contributed by atoms with Crippen LogP contribution in [0.25, 0.3) is 11.0 Å². The molecule has 7 heteroatoms. The Morgan fingerprint density at radius 2 is 2.05 bits per heavy atom. The molecule has 0 saturated carbocycles. The van der Waals surface area contributed by atoms with Crippen LogP contribution in [-0.4, -0.2) is 19.7 Å². The molecule has 96 valence electrons. The van der Waals surface area contributed by atoms with Crippen molar-refractivity contribution in [2.24, 2.45) is 7.05 Å². The highest BCUT2D eigenvalue weighted by Crippen LogP contribution is 2.32. The fraction of sp³-hybridized carbons (Fsp3) is 0.0833. The van der Waals surface area contributed by atoms with Gasteiger partial charge in [-0.25, -0.2) is 9.97 Å². The molecule has 0 aliphatic rings. The molecule has 0 unspecified atom stereocenters. The summed E-state index contributed by atoms with van der Waals surface area (Å²) in [7, 11) is 1.80. The van der Waals surface area contributed by atoms with Crippen molar-refractivity contribution in [3.05, 3.63) is 40.8 Å². The number of benzene rings is 1. The van der Waals surface area contributed by atoms with E-state index in [1.165, 1.54) is 6.33 Å². The van der Waals surface area contributed by atoms with Crippen LogP contribution in [0.3, 0.4) is 0 Å². The summed E-state index contributed by atoms with van der Waals surface area (Å²) in [6, 6.07) is 5.00. The molecule has 0 fully saturated rings. The Morgan fingerprint density at radius 1 is 1.21 bits per heavy atom. The number of rotatable bonds is 2. The minimum atomic E-state index is 0.405. The SMILES string of the molecule is Cn1ncc2c(Oc3ccc(Cl)cc3Cl)ncnc21. The van der Waals surface area contributed by atoms with Crippen LogP contribution in [0.15, 0.2) is 30.7 Å². The Bertz CT molecular complexity index is 757. The number of ether oxygens (including phenoxy) is 1. The Hall–Kier alpha value is -1.85. The molecule has 0 aliphatic heterocycles. The van der Waals surface area contributed by atoms with Gasteiger partial charge in [0.2, 0.25) is 5.88 Å². The van der Waals surface area contributed by atoms with E-state index >= 15 is 0 Å². The van der Waals surface area contributed by atoms with Crippen molar-refractivity contribution in [3.63, 3.8) is 0 Å². The fourth-order valence-electron chi connectivity index (χ4n) is 1.68. The highest BCUT2D eigenvalue weighted by molar-refractivity contribution is 6.35. The van der Waals surface area contributed by atoms with E-state index in [1.807, 2.05) is 0 Å². The second kappa shape index (κ2) is 4.68. The number of hydrogen-bond acceptors (Lipinski definition) is 4. The number of aromatic nitrogens is 4. The smallest absolute Gasteiger partial charge is 0.233 e. The maximum absolute atomic E-state index is 6.06. The normalized spacial score (nSPS) is 10.9. The van der Waals surface area contributed by atoms with Gasteiger partial charge in [-0.3, -0.25) is 4.68 Å². The van der Waals surface area contributed by atoms with Crippen LogP contribution in [0.1, 0.15) is 0 Å². The maximum atomic E-state index is 6.06. The number of aryl methyl sites for hydroxylation is 1. The molecule has 0 N–H and O–H groups in total. The second-order valence-electron chi connectivity index (χ2n) is 3.86. The van der Waals surface area contributed by atoms with Crippen molar-refractivity contribution in [1.82, 2.24) is 19.7 Å². The molecule has 5 nitrogen and oxygen atoms in total. The average Bonchev–Trinajstić information content (AvgIpc) is 2.76. The zero-order chi connectivity index (χ0) is 13.4. The van der Waals surface area contributed by atoms with E-state index in [0.29, 0.717) is 27.3 Å². The van der Waals surface area contributed by atoms with Crippen molar-refractivity contribution >= 4 is 34.2 Å². The Labute approximate surface area is 118 Å². The van der Waals surface area contributed by atoms with Gasteiger partial charge in [-0.15, -0.1) is 0 Å². The summed E-state index contributed by atoms with van der Waals surface area (Å²) in [6.45, 7) is 0. The monoisotopic (exact) mass is 294 g/mol. The molecule has 3 rings (SSSR count). The maximum Gasteiger partial charge on any atom is 0.233 e. The lowest BCUT2D eigenvalue weighted by Gasteiger charge is -2.07. The molecule has 19 heavy (non-hydrogen) atoms. The van der Waals surface area contributed by atoms with Crippen LogP contribution in [0.5, 0.6) is 11.6 Å². The van der Waals surface area contributed by atoms with Gasteiger partial charge < -0.3 is 4.74 Å². The third-order valence-corrected chi connectivity index (χ3v) is 3.12. The largest absolute Gasteiger partial charge is 0.437 e. The van der Waals surface area contributed by atoms with Crippen LogP contribution in [0, 0.1) is 0 Å². The topological polar surface area (TPSA) is 52.8 Å². The van der Waals surface area contributed by atoms with Crippen LogP contribution in [0.2, 0.25) is 10.0 Å². The van der Waals surface area contributed by atoms with Gasteiger partial charge in [0.15, 0.2) is 5.65 Å². The van der Waals surface area contributed by atoms with Crippen LogP contribution < -0.4 is 4.74 Å². The first-order valence-electron chi connectivity index (χ1n) is 5.41. The first-order chi connectivity index (χ1) is 9.15. The molecule has 0 radical (unpaired) electrons. The lowest BCUT2D eigenvalue weighted by atomic mass is 10.3. The van der Waals surface area contributed by atoms with Crippen LogP contribution >= 0.6 is 23.2 Å². The minimum Gasteiger partial charge on any atom is -0.437 e. The molecule has 2 aromatic heterocycles. The van der Waals surface area contributed by atoms with Crippen molar-refractivity contribution in [2.45, 2.75) is 0 Å². The summed E-state index contributed by atoms with van der Waals surface area (Å²) in [5.74, 6) is 0.886. The highest BCUT2D eigenvalue weighted by atomic mass is 35.5. The van der Waals surface area contributed by atoms with E-state index < -0.39 is 0 Å². The zero-order valence-electron chi connectivity index (χ0n) is 9.84. The Kier molecular flexibility index (Phi) is 3.00. The molecule has 0 amide bonds. The van der Waals surface area contributed by atoms with Gasteiger partial charge in [-0.05, 0) is 18.2 Å². The van der Waals surface area contributed by atoms with Gasteiger partial charge in [0.05, 0.1) is 11.2 Å². The van der Waals surface area contributed by atoms with E-state index in [1.54, 1.807) is 36.1 Å². The number of nitrogens with zero attached hydrogens (tertiary/aromatic N) is 4. The summed E-state index contributed by atoms with van der Waals surface area (Å²) in [5, 5.41) is 5.80. The Balaban J connectivity index is 2.06. The first-order valence-corrected chi connectivity index (χ1v) is 6.16. The second-order valence-corrected chi connectivity index (χ2v) is 4.70. The van der Waals surface area contributed by atoms with Gasteiger partial charge in [0, 0.05) is 12.1 Å². The third-order valence-electron chi connectivity index (χ3n) is 2.59. The number of halogens is 2. The fourth-order valence-corrected chi connectivity index (χ4v) is 2.13. The van der Waals surface area contributed by atoms with E-state index in [4.69, 9.17) is 27.9 Å². The molecule has 1 aromatic carbocycles. The van der Waals surface area contributed by atoms with Gasteiger partial charge >= 0.3 is 0 Å². The highest BCUT2D eigenvalue weighted by Gasteiger charge is 2.11. The predicted molar refractivity (Wildman–Crippen MR) is 72.8 cm³/mol. The van der Waals surface area contributed by atoms with E-state index in [-0.39, 0.29) is 0 Å². The molecule has 2 heterocycles. The van der Waals surface area contributed by atoms with Gasteiger partial charge in [0.1, 0.15) is 17.5 Å². The van der Waals surface area contributed by atoms with Crippen molar-refractivity contribution in [1.29, 1.82) is 0 Å². The number of hydrogen-bond donors (Lipinski definition) is 0. The summed E-state index contributed by atoms with van der Waals surface area (Å²) >= 11 is 11.9. The molecular formula is C12H8Cl2N4O. The summed E-state index contributed by atoms with van der Waals surface area (Å²) in [4.78, 5) is 8.24. The predicted octanol–water partition coefficient (Wildman–Crippen LogP) is 3.46. The summed E-state index contributed by atoms with van der Waals surface area (Å²) < 4.78 is 7.34.